The molecule has 0 aromatic heterocycles. The fourth-order valence-electron chi connectivity index (χ4n) is 1.51. The fraction of sp³-hybridized carbons (Fsp3) is 0.417. The van der Waals surface area contributed by atoms with Crippen LogP contribution in [0, 0.1) is 5.82 Å². The second kappa shape index (κ2) is 6.56. The number of thiol groups is 1. The van der Waals surface area contributed by atoms with E-state index in [1.165, 1.54) is 0 Å². The van der Waals surface area contributed by atoms with Crippen molar-refractivity contribution in [3.63, 3.8) is 0 Å². The van der Waals surface area contributed by atoms with Crippen molar-refractivity contribution >= 4 is 18.6 Å². The number of alkyl halides is 6. The quantitative estimate of drug-likeness (QED) is 0.380. The largest absolute Gasteiger partial charge is 0.465 e. The molecule has 0 saturated heterocycles. The van der Waals surface area contributed by atoms with Gasteiger partial charge in [0.05, 0.1) is 19.3 Å². The van der Waals surface area contributed by atoms with Crippen molar-refractivity contribution in [2.75, 3.05) is 7.11 Å². The molecular formula is C12H9F7O3S. The van der Waals surface area contributed by atoms with Crippen LogP contribution < -0.4 is 0 Å². The van der Waals surface area contributed by atoms with Crippen LogP contribution in [0.2, 0.25) is 0 Å². The zero-order chi connectivity index (χ0) is 18.1. The Morgan fingerprint density at radius 3 is 2.09 bits per heavy atom. The highest BCUT2D eigenvalue weighted by molar-refractivity contribution is 7.81. The topological polar surface area (TPSA) is 35.5 Å². The van der Waals surface area contributed by atoms with E-state index in [4.69, 9.17) is 0 Å². The Morgan fingerprint density at radius 1 is 1.13 bits per heavy atom. The summed E-state index contributed by atoms with van der Waals surface area (Å²) in [7, 11) is 0.909. The Kier molecular flexibility index (Phi) is 5.57. The predicted octanol–water partition coefficient (Wildman–Crippen LogP) is 3.88. The standard InChI is InChI=1S/C12H9F7O3S/c1-21-9(20)6-3-2-4-8(13)7(6)5-22-10(23,11(14,15)16)12(17,18)19/h2-4,23H,5H2,1H3. The number of rotatable bonds is 4. The van der Waals surface area contributed by atoms with E-state index in [9.17, 15) is 35.5 Å². The van der Waals surface area contributed by atoms with Gasteiger partial charge < -0.3 is 9.47 Å². The first kappa shape index (κ1) is 19.6. The normalized spacial score (nSPS) is 13.1. The minimum absolute atomic E-state index is 0.562. The summed E-state index contributed by atoms with van der Waals surface area (Å²) in [6.07, 6.45) is -11.9. The van der Waals surface area contributed by atoms with Gasteiger partial charge in [-0.3, -0.25) is 0 Å². The second-order valence-electron chi connectivity index (χ2n) is 4.19. The predicted molar refractivity (Wildman–Crippen MR) is 66.4 cm³/mol. The molecule has 0 aliphatic carbocycles. The highest BCUT2D eigenvalue weighted by Gasteiger charge is 2.70. The maximum atomic E-state index is 13.6. The van der Waals surface area contributed by atoms with Crippen LogP contribution in [-0.2, 0) is 16.1 Å². The smallest absolute Gasteiger partial charge is 0.436 e. The molecule has 0 amide bonds. The third-order valence-electron chi connectivity index (χ3n) is 2.72. The first-order chi connectivity index (χ1) is 10.3. The van der Waals surface area contributed by atoms with E-state index < -0.39 is 46.8 Å². The molecular weight excluding hydrogens is 357 g/mol. The summed E-state index contributed by atoms with van der Waals surface area (Å²) in [6, 6.07) is 2.74. The van der Waals surface area contributed by atoms with E-state index in [0.717, 1.165) is 25.3 Å². The lowest BCUT2D eigenvalue weighted by Crippen LogP contribution is -2.54. The Balaban J connectivity index is 3.21. The van der Waals surface area contributed by atoms with Gasteiger partial charge in [-0.15, -0.1) is 12.6 Å². The highest BCUT2D eigenvalue weighted by Crippen LogP contribution is 2.49. The van der Waals surface area contributed by atoms with Gasteiger partial charge in [-0.1, -0.05) is 6.07 Å². The number of carbonyl (C=O) groups is 1. The molecule has 0 aliphatic rings. The van der Waals surface area contributed by atoms with Crippen molar-refractivity contribution < 1.29 is 45.0 Å². The number of esters is 1. The van der Waals surface area contributed by atoms with Crippen molar-refractivity contribution in [1.29, 1.82) is 0 Å². The summed E-state index contributed by atoms with van der Waals surface area (Å²) in [5, 5.41) is 0. The molecule has 0 radical (unpaired) electrons. The molecule has 1 aromatic rings. The maximum absolute atomic E-state index is 13.6. The molecule has 130 valence electrons. The summed E-state index contributed by atoms with van der Waals surface area (Å²) in [5.41, 5.74) is -1.38. The van der Waals surface area contributed by atoms with E-state index in [1.807, 2.05) is 0 Å². The van der Waals surface area contributed by atoms with Crippen molar-refractivity contribution in [2.24, 2.45) is 0 Å². The van der Waals surface area contributed by atoms with Crippen molar-refractivity contribution in [1.82, 2.24) is 0 Å². The Hall–Kier alpha value is -1.49. The number of hydrogen-bond acceptors (Lipinski definition) is 4. The van der Waals surface area contributed by atoms with Gasteiger partial charge in [-0.25, -0.2) is 9.18 Å². The van der Waals surface area contributed by atoms with Crippen molar-refractivity contribution in [3.8, 4) is 0 Å². The summed E-state index contributed by atoms with van der Waals surface area (Å²) < 4.78 is 97.5. The van der Waals surface area contributed by atoms with Crippen LogP contribution in [0.1, 0.15) is 15.9 Å². The Bertz CT molecular complexity index is 569. The number of benzene rings is 1. The van der Waals surface area contributed by atoms with E-state index in [-0.39, 0.29) is 0 Å². The number of halogens is 7. The average Bonchev–Trinajstić information content (AvgIpc) is 2.42. The number of carbonyl (C=O) groups excluding carboxylic acids is 1. The zero-order valence-electron chi connectivity index (χ0n) is 11.3. The summed E-state index contributed by atoms with van der Waals surface area (Å²) in [5.74, 6) is -2.38. The fourth-order valence-corrected chi connectivity index (χ4v) is 1.57. The van der Waals surface area contributed by atoms with E-state index >= 15 is 0 Å². The molecule has 0 unspecified atom stereocenters. The van der Waals surface area contributed by atoms with Crippen LogP contribution in [0.5, 0.6) is 0 Å². The molecule has 1 aromatic carbocycles. The lowest BCUT2D eigenvalue weighted by atomic mass is 10.1. The molecule has 0 N–H and O–H groups in total. The molecule has 23 heavy (non-hydrogen) atoms. The number of ether oxygens (including phenoxy) is 2. The van der Waals surface area contributed by atoms with Crippen molar-refractivity contribution in [3.05, 3.63) is 35.1 Å². The van der Waals surface area contributed by atoms with Gasteiger partial charge in [0.1, 0.15) is 5.82 Å². The monoisotopic (exact) mass is 366 g/mol. The van der Waals surface area contributed by atoms with Gasteiger partial charge >= 0.3 is 23.3 Å². The Morgan fingerprint density at radius 2 is 1.65 bits per heavy atom. The van der Waals surface area contributed by atoms with Gasteiger partial charge in [0.15, 0.2) is 0 Å². The van der Waals surface area contributed by atoms with Crippen LogP contribution in [-0.4, -0.2) is 30.4 Å². The molecule has 0 heterocycles. The van der Waals surface area contributed by atoms with Crippen LogP contribution >= 0.6 is 12.6 Å². The van der Waals surface area contributed by atoms with Gasteiger partial charge in [0, 0.05) is 5.56 Å². The van der Waals surface area contributed by atoms with Gasteiger partial charge in [0.2, 0.25) is 0 Å². The summed E-state index contributed by atoms with van der Waals surface area (Å²) >= 11 is 2.54. The maximum Gasteiger partial charge on any atom is 0.436 e. The molecule has 0 bridgehead atoms. The molecule has 0 aliphatic heterocycles. The van der Waals surface area contributed by atoms with Gasteiger partial charge in [0.25, 0.3) is 0 Å². The summed E-state index contributed by atoms with van der Waals surface area (Å²) in [4.78, 5) is 6.57. The van der Waals surface area contributed by atoms with Crippen LogP contribution in [0.3, 0.4) is 0 Å². The zero-order valence-corrected chi connectivity index (χ0v) is 12.2. The highest BCUT2D eigenvalue weighted by atomic mass is 32.1. The number of hydrogen-bond donors (Lipinski definition) is 1. The molecule has 3 nitrogen and oxygen atoms in total. The van der Waals surface area contributed by atoms with E-state index in [2.05, 4.69) is 22.1 Å². The molecule has 1 rings (SSSR count). The van der Waals surface area contributed by atoms with E-state index in [1.54, 1.807) is 0 Å². The second-order valence-corrected chi connectivity index (χ2v) is 4.82. The van der Waals surface area contributed by atoms with Gasteiger partial charge in [-0.2, -0.15) is 26.3 Å². The van der Waals surface area contributed by atoms with Crippen LogP contribution in [0.25, 0.3) is 0 Å². The average molecular weight is 366 g/mol. The minimum Gasteiger partial charge on any atom is -0.465 e. The molecule has 0 saturated carbocycles. The Labute approximate surface area is 130 Å². The molecule has 11 heteroatoms. The first-order valence-corrected chi connectivity index (χ1v) is 6.15. The number of methoxy groups -OCH3 is 1. The van der Waals surface area contributed by atoms with Crippen molar-refractivity contribution in [2.45, 2.75) is 23.9 Å². The molecule has 0 fully saturated rings. The molecule has 0 atom stereocenters. The lowest BCUT2D eigenvalue weighted by molar-refractivity contribution is -0.342. The lowest BCUT2D eigenvalue weighted by Gasteiger charge is -2.32. The minimum atomic E-state index is -5.93. The van der Waals surface area contributed by atoms with Crippen LogP contribution in [0.15, 0.2) is 18.2 Å². The van der Waals surface area contributed by atoms with Crippen LogP contribution in [0.4, 0.5) is 30.7 Å². The summed E-state index contributed by atoms with van der Waals surface area (Å²) in [6.45, 7) is -1.50. The first-order valence-electron chi connectivity index (χ1n) is 5.70. The van der Waals surface area contributed by atoms with Gasteiger partial charge in [-0.05, 0) is 12.1 Å². The van der Waals surface area contributed by atoms with E-state index in [0.29, 0.717) is 0 Å². The molecule has 0 spiro atoms. The SMILES string of the molecule is COC(=O)c1cccc(F)c1COC(S)(C(F)(F)F)C(F)(F)F. The third-order valence-corrected chi connectivity index (χ3v) is 3.35. The third kappa shape index (κ3) is 3.89.